The number of thioether (sulfide) groups is 1. The maximum Gasteiger partial charge on any atom is 0.188 e. The van der Waals surface area contributed by atoms with Crippen LogP contribution in [0.1, 0.15) is 51.2 Å². The Morgan fingerprint density at radius 2 is 1.81 bits per heavy atom. The van der Waals surface area contributed by atoms with Crippen molar-refractivity contribution in [2.45, 2.75) is 52.2 Å². The molecule has 6 nitrogen and oxygen atoms in total. The van der Waals surface area contributed by atoms with Crippen LogP contribution in [-0.2, 0) is 9.84 Å². The largest absolute Gasteiger partial charge is 0.344 e. The molecule has 0 bridgehead atoms. The van der Waals surface area contributed by atoms with E-state index in [1.54, 1.807) is 0 Å². The molecule has 1 aliphatic rings. The molecular formula is C19H25N3O3S2. The first kappa shape index (κ1) is 20.1. The van der Waals surface area contributed by atoms with Gasteiger partial charge in [-0.15, -0.1) is 0 Å². The number of hydrogen-bond acceptors (Lipinski definition) is 6. The highest BCUT2D eigenvalue weighted by molar-refractivity contribution is 7.99. The van der Waals surface area contributed by atoms with Gasteiger partial charge in [-0.25, -0.2) is 18.4 Å². The molecule has 0 radical (unpaired) electrons. The van der Waals surface area contributed by atoms with Gasteiger partial charge in [0.05, 0.1) is 17.3 Å². The lowest BCUT2D eigenvalue weighted by molar-refractivity contribution is 0.102. The van der Waals surface area contributed by atoms with Crippen LogP contribution < -0.4 is 0 Å². The van der Waals surface area contributed by atoms with Gasteiger partial charge in [0.1, 0.15) is 0 Å². The van der Waals surface area contributed by atoms with Gasteiger partial charge in [0, 0.05) is 34.4 Å². The average molecular weight is 408 g/mol. The van der Waals surface area contributed by atoms with Gasteiger partial charge in [0.25, 0.3) is 0 Å². The van der Waals surface area contributed by atoms with Crippen molar-refractivity contribution in [3.63, 3.8) is 0 Å². The van der Waals surface area contributed by atoms with E-state index >= 15 is 0 Å². The van der Waals surface area contributed by atoms with E-state index in [1.807, 2.05) is 45.3 Å². The van der Waals surface area contributed by atoms with Crippen molar-refractivity contribution in [2.24, 2.45) is 0 Å². The van der Waals surface area contributed by atoms with E-state index in [0.29, 0.717) is 17.1 Å². The smallest absolute Gasteiger partial charge is 0.188 e. The first-order chi connectivity index (χ1) is 12.6. The van der Waals surface area contributed by atoms with Gasteiger partial charge >= 0.3 is 0 Å². The Kier molecular flexibility index (Phi) is 5.49. The standard InChI is InChI=1S/C19H25N3O3S2/c1-11-8-17(15(5)22(11)16-6-7-27(24,25)10-16)18(23)9-26-19-20-13(3)12(2)14(4)21-19/h8,16H,6-7,9-10H2,1-5H3/t16-/m1/s1. The summed E-state index contributed by atoms with van der Waals surface area (Å²) < 4.78 is 25.6. The second-order valence-corrected chi connectivity index (χ2v) is 10.4. The van der Waals surface area contributed by atoms with Crippen molar-refractivity contribution in [2.75, 3.05) is 17.3 Å². The van der Waals surface area contributed by atoms with Crippen molar-refractivity contribution >= 4 is 27.4 Å². The molecule has 0 aliphatic carbocycles. The Hall–Kier alpha value is -1.67. The number of aromatic nitrogens is 3. The van der Waals surface area contributed by atoms with Crippen LogP contribution in [0.3, 0.4) is 0 Å². The van der Waals surface area contributed by atoms with Crippen LogP contribution in [0.4, 0.5) is 0 Å². The number of ketones is 1. The summed E-state index contributed by atoms with van der Waals surface area (Å²) in [5.41, 5.74) is 5.36. The lowest BCUT2D eigenvalue weighted by Crippen LogP contribution is -2.14. The number of sulfone groups is 1. The molecule has 27 heavy (non-hydrogen) atoms. The summed E-state index contributed by atoms with van der Waals surface area (Å²) in [6.45, 7) is 9.70. The normalized spacial score (nSPS) is 18.8. The molecule has 0 N–H and O–H groups in total. The average Bonchev–Trinajstić information content (AvgIpc) is 3.08. The van der Waals surface area contributed by atoms with Crippen molar-refractivity contribution in [1.82, 2.24) is 14.5 Å². The first-order valence-electron chi connectivity index (χ1n) is 8.95. The number of Topliss-reactive ketones (excluding diaryl/α,β-unsaturated/α-hetero) is 1. The van der Waals surface area contributed by atoms with Crippen LogP contribution in [0.15, 0.2) is 11.2 Å². The van der Waals surface area contributed by atoms with Gasteiger partial charge in [-0.3, -0.25) is 4.79 Å². The molecule has 0 amide bonds. The highest BCUT2D eigenvalue weighted by Gasteiger charge is 2.31. The van der Waals surface area contributed by atoms with Gasteiger partial charge in [0.15, 0.2) is 20.8 Å². The van der Waals surface area contributed by atoms with Crippen molar-refractivity contribution in [1.29, 1.82) is 0 Å². The monoisotopic (exact) mass is 407 g/mol. The molecule has 0 aromatic carbocycles. The van der Waals surface area contributed by atoms with E-state index in [4.69, 9.17) is 0 Å². The molecule has 1 fully saturated rings. The summed E-state index contributed by atoms with van der Waals surface area (Å²) in [5, 5.41) is 0.611. The Labute approximate surface area is 164 Å². The molecule has 1 aliphatic heterocycles. The number of aryl methyl sites for hydroxylation is 3. The van der Waals surface area contributed by atoms with Crippen LogP contribution in [0.2, 0.25) is 0 Å². The fraction of sp³-hybridized carbons (Fsp3) is 0.526. The van der Waals surface area contributed by atoms with E-state index in [2.05, 4.69) is 9.97 Å². The highest BCUT2D eigenvalue weighted by atomic mass is 32.2. The van der Waals surface area contributed by atoms with E-state index in [-0.39, 0.29) is 29.1 Å². The van der Waals surface area contributed by atoms with E-state index in [1.165, 1.54) is 11.8 Å². The summed E-state index contributed by atoms with van der Waals surface area (Å²) >= 11 is 1.34. The molecule has 146 valence electrons. The van der Waals surface area contributed by atoms with Gasteiger partial charge in [-0.05, 0) is 52.7 Å². The molecular weight excluding hydrogens is 382 g/mol. The Morgan fingerprint density at radius 3 is 2.37 bits per heavy atom. The highest BCUT2D eigenvalue weighted by Crippen LogP contribution is 2.30. The minimum atomic E-state index is -2.97. The van der Waals surface area contributed by atoms with E-state index in [0.717, 1.165) is 28.3 Å². The van der Waals surface area contributed by atoms with E-state index in [9.17, 15) is 13.2 Å². The number of rotatable bonds is 5. The molecule has 3 rings (SSSR count). The minimum absolute atomic E-state index is 0.0136. The second kappa shape index (κ2) is 7.39. The van der Waals surface area contributed by atoms with Gasteiger partial charge in [0.2, 0.25) is 0 Å². The molecule has 1 saturated heterocycles. The van der Waals surface area contributed by atoms with E-state index < -0.39 is 9.84 Å². The number of nitrogens with zero attached hydrogens (tertiary/aromatic N) is 3. The first-order valence-corrected chi connectivity index (χ1v) is 11.8. The maximum atomic E-state index is 12.8. The summed E-state index contributed by atoms with van der Waals surface area (Å²) in [6, 6.07) is 1.80. The second-order valence-electron chi connectivity index (χ2n) is 7.23. The third kappa shape index (κ3) is 4.11. The van der Waals surface area contributed by atoms with Crippen molar-refractivity contribution in [3.05, 3.63) is 40.0 Å². The topological polar surface area (TPSA) is 81.9 Å². The quantitative estimate of drug-likeness (QED) is 0.430. The van der Waals surface area contributed by atoms with Gasteiger partial charge < -0.3 is 4.57 Å². The number of carbonyl (C=O) groups is 1. The van der Waals surface area contributed by atoms with Crippen molar-refractivity contribution in [3.8, 4) is 0 Å². The SMILES string of the molecule is Cc1nc(SCC(=O)c2cc(C)n([C@@H]3CCS(=O)(=O)C3)c2C)nc(C)c1C. The maximum absolute atomic E-state index is 12.8. The molecule has 0 spiro atoms. The third-order valence-electron chi connectivity index (χ3n) is 5.30. The Morgan fingerprint density at radius 1 is 1.19 bits per heavy atom. The van der Waals surface area contributed by atoms with Crippen LogP contribution in [0.25, 0.3) is 0 Å². The molecule has 3 heterocycles. The fourth-order valence-electron chi connectivity index (χ4n) is 3.61. The zero-order valence-corrected chi connectivity index (χ0v) is 18.0. The molecule has 2 aromatic rings. The van der Waals surface area contributed by atoms with Crippen LogP contribution >= 0.6 is 11.8 Å². The Balaban J connectivity index is 1.77. The molecule has 1 atom stereocenters. The van der Waals surface area contributed by atoms with Gasteiger partial charge in [-0.1, -0.05) is 11.8 Å². The summed E-state index contributed by atoms with van der Waals surface area (Å²) in [6.07, 6.45) is 0.608. The zero-order valence-electron chi connectivity index (χ0n) is 16.4. The predicted molar refractivity (Wildman–Crippen MR) is 108 cm³/mol. The van der Waals surface area contributed by atoms with Crippen LogP contribution in [-0.4, -0.2) is 46.0 Å². The molecule has 0 saturated carbocycles. The lowest BCUT2D eigenvalue weighted by Gasteiger charge is -2.16. The third-order valence-corrected chi connectivity index (χ3v) is 7.90. The predicted octanol–water partition coefficient (Wildman–Crippen LogP) is 3.15. The van der Waals surface area contributed by atoms with Crippen LogP contribution in [0.5, 0.6) is 0 Å². The summed E-state index contributed by atoms with van der Waals surface area (Å²) in [4.78, 5) is 21.7. The van der Waals surface area contributed by atoms with Crippen LogP contribution in [0, 0.1) is 34.6 Å². The lowest BCUT2D eigenvalue weighted by atomic mass is 10.2. The molecule has 0 unspecified atom stereocenters. The summed E-state index contributed by atoms with van der Waals surface area (Å²) in [7, 11) is -2.97. The Bertz CT molecular complexity index is 986. The minimum Gasteiger partial charge on any atom is -0.344 e. The number of carbonyl (C=O) groups excluding carboxylic acids is 1. The van der Waals surface area contributed by atoms with Crippen molar-refractivity contribution < 1.29 is 13.2 Å². The summed E-state index contributed by atoms with van der Waals surface area (Å²) in [5.74, 6) is 0.647. The fourth-order valence-corrected chi connectivity index (χ4v) is 6.13. The molecule has 8 heteroatoms. The molecule has 2 aromatic heterocycles. The number of hydrogen-bond donors (Lipinski definition) is 0. The zero-order chi connectivity index (χ0) is 19.9. The van der Waals surface area contributed by atoms with Gasteiger partial charge in [-0.2, -0.15) is 0 Å².